The van der Waals surface area contributed by atoms with Crippen molar-refractivity contribution >= 4 is 22.6 Å². The molecule has 3 rings (SSSR count). The monoisotopic (exact) mass is 396 g/mol. The summed E-state index contributed by atoms with van der Waals surface area (Å²) in [5.74, 6) is 0.145. The molecule has 8 heteroatoms. The summed E-state index contributed by atoms with van der Waals surface area (Å²) in [4.78, 5) is 44.9. The third kappa shape index (κ3) is 4.06. The molecule has 0 fully saturated rings. The highest BCUT2D eigenvalue weighted by Gasteiger charge is 2.20. The van der Waals surface area contributed by atoms with Crippen molar-refractivity contribution in [1.29, 1.82) is 0 Å². The van der Waals surface area contributed by atoms with Crippen molar-refractivity contribution in [3.8, 4) is 5.75 Å². The maximum absolute atomic E-state index is 13.1. The lowest BCUT2D eigenvalue weighted by Crippen LogP contribution is -2.32. The van der Waals surface area contributed by atoms with E-state index in [0.717, 1.165) is 0 Å². The number of pyridine rings is 1. The quantitative estimate of drug-likeness (QED) is 0.666. The summed E-state index contributed by atoms with van der Waals surface area (Å²) in [6, 6.07) is 8.54. The Morgan fingerprint density at radius 2 is 2.03 bits per heavy atom. The first-order chi connectivity index (χ1) is 13.8. The van der Waals surface area contributed by atoms with Crippen LogP contribution in [0.2, 0.25) is 0 Å². The molecular formula is C21H24N4O4. The van der Waals surface area contributed by atoms with E-state index >= 15 is 0 Å². The maximum atomic E-state index is 13.1. The summed E-state index contributed by atoms with van der Waals surface area (Å²) in [5, 5.41) is 2.90. The Morgan fingerprint density at radius 1 is 1.28 bits per heavy atom. The predicted octanol–water partition coefficient (Wildman–Crippen LogP) is 2.88. The summed E-state index contributed by atoms with van der Waals surface area (Å²) < 4.78 is 6.59. The van der Waals surface area contributed by atoms with Crippen molar-refractivity contribution in [3.63, 3.8) is 0 Å². The van der Waals surface area contributed by atoms with Crippen molar-refractivity contribution in [1.82, 2.24) is 14.5 Å². The predicted molar refractivity (Wildman–Crippen MR) is 112 cm³/mol. The zero-order valence-corrected chi connectivity index (χ0v) is 16.9. The van der Waals surface area contributed by atoms with Crippen LogP contribution in [-0.2, 0) is 6.54 Å². The molecule has 0 aliphatic carbocycles. The summed E-state index contributed by atoms with van der Waals surface area (Å²) in [5.41, 5.74) is 0.398. The minimum Gasteiger partial charge on any atom is -0.497 e. The van der Waals surface area contributed by atoms with E-state index in [-0.39, 0.29) is 22.5 Å². The maximum Gasteiger partial charge on any atom is 0.329 e. The molecule has 2 heterocycles. The highest BCUT2D eigenvalue weighted by molar-refractivity contribution is 6.11. The van der Waals surface area contributed by atoms with Gasteiger partial charge in [0.15, 0.2) is 5.65 Å². The molecule has 0 saturated carbocycles. The molecule has 0 saturated heterocycles. The van der Waals surface area contributed by atoms with E-state index in [9.17, 15) is 14.4 Å². The van der Waals surface area contributed by atoms with E-state index in [4.69, 9.17) is 4.74 Å². The molecule has 0 atom stereocenters. The zero-order valence-electron chi connectivity index (χ0n) is 16.9. The van der Waals surface area contributed by atoms with Gasteiger partial charge in [0.2, 0.25) is 0 Å². The molecule has 8 nitrogen and oxygen atoms in total. The summed E-state index contributed by atoms with van der Waals surface area (Å²) >= 11 is 0. The Hall–Kier alpha value is -3.42. The van der Waals surface area contributed by atoms with E-state index < -0.39 is 17.2 Å². The number of benzene rings is 1. The van der Waals surface area contributed by atoms with Gasteiger partial charge in [0.25, 0.3) is 11.5 Å². The second-order valence-electron chi connectivity index (χ2n) is 7.04. The highest BCUT2D eigenvalue weighted by atomic mass is 16.5. The number of aromatic amines is 1. The Kier molecular flexibility index (Phi) is 5.81. The Labute approximate surface area is 167 Å². The van der Waals surface area contributed by atoms with Gasteiger partial charge in [-0.2, -0.15) is 0 Å². The van der Waals surface area contributed by atoms with Crippen LogP contribution in [0.5, 0.6) is 5.75 Å². The molecule has 0 aliphatic rings. The molecular weight excluding hydrogens is 372 g/mol. The van der Waals surface area contributed by atoms with Crippen molar-refractivity contribution in [3.05, 3.63) is 62.4 Å². The first-order valence-electron chi connectivity index (χ1n) is 9.48. The summed E-state index contributed by atoms with van der Waals surface area (Å²) in [7, 11) is 1.54. The fourth-order valence-corrected chi connectivity index (χ4v) is 3.10. The summed E-state index contributed by atoms with van der Waals surface area (Å²) in [6.45, 7) is 6.18. The van der Waals surface area contributed by atoms with Gasteiger partial charge in [-0.15, -0.1) is 0 Å². The van der Waals surface area contributed by atoms with Crippen molar-refractivity contribution in [2.75, 3.05) is 12.4 Å². The van der Waals surface area contributed by atoms with Crippen LogP contribution < -0.4 is 21.3 Å². The number of fused-ring (bicyclic) bond motifs is 1. The van der Waals surface area contributed by atoms with Gasteiger partial charge in [0, 0.05) is 24.0 Å². The van der Waals surface area contributed by atoms with E-state index in [1.165, 1.54) is 4.57 Å². The van der Waals surface area contributed by atoms with E-state index in [1.807, 2.05) is 20.8 Å². The van der Waals surface area contributed by atoms with Gasteiger partial charge >= 0.3 is 5.69 Å². The molecule has 0 aliphatic heterocycles. The lowest BCUT2D eigenvalue weighted by atomic mass is 10.0. The van der Waals surface area contributed by atoms with Crippen LogP contribution in [0.1, 0.15) is 49.2 Å². The van der Waals surface area contributed by atoms with Gasteiger partial charge in [-0.25, -0.2) is 9.78 Å². The number of amides is 1. The number of rotatable bonds is 6. The minimum absolute atomic E-state index is 0.00670. The average Bonchev–Trinajstić information content (AvgIpc) is 2.70. The van der Waals surface area contributed by atoms with Gasteiger partial charge in [0.05, 0.1) is 18.1 Å². The van der Waals surface area contributed by atoms with Gasteiger partial charge in [0.1, 0.15) is 5.75 Å². The van der Waals surface area contributed by atoms with Crippen LogP contribution in [0.4, 0.5) is 5.69 Å². The topological polar surface area (TPSA) is 106 Å². The second kappa shape index (κ2) is 8.30. The fourth-order valence-electron chi connectivity index (χ4n) is 3.10. The Balaban J connectivity index is 2.22. The second-order valence-corrected chi connectivity index (χ2v) is 7.04. The van der Waals surface area contributed by atoms with Crippen molar-refractivity contribution < 1.29 is 9.53 Å². The van der Waals surface area contributed by atoms with Gasteiger partial charge < -0.3 is 10.1 Å². The van der Waals surface area contributed by atoms with Crippen LogP contribution in [0.25, 0.3) is 11.0 Å². The Bertz CT molecular complexity index is 1180. The first kappa shape index (κ1) is 20.3. The number of hydrogen-bond donors (Lipinski definition) is 2. The van der Waals surface area contributed by atoms with E-state index in [0.29, 0.717) is 30.1 Å². The highest BCUT2D eigenvalue weighted by Crippen LogP contribution is 2.22. The number of nitrogens with one attached hydrogen (secondary N) is 2. The standard InChI is InChI=1S/C21H24N4O4/c1-5-9-25-18-17(20(27)24-21(25)28)15(11-16(23-18)12(2)3)19(26)22-13-7-6-8-14(10-13)29-4/h6-8,10-12H,5,9H2,1-4H3,(H,22,26)(H,24,27,28). The number of carbonyl (C=O) groups is 1. The number of hydrogen-bond acceptors (Lipinski definition) is 5. The van der Waals surface area contributed by atoms with Crippen LogP contribution in [0.15, 0.2) is 39.9 Å². The zero-order chi connectivity index (χ0) is 21.1. The van der Waals surface area contributed by atoms with Gasteiger partial charge in [-0.3, -0.25) is 19.1 Å². The van der Waals surface area contributed by atoms with E-state index in [2.05, 4.69) is 15.3 Å². The number of H-pyrrole nitrogens is 1. The fraction of sp³-hybridized carbons (Fsp3) is 0.333. The third-order valence-corrected chi connectivity index (χ3v) is 4.58. The normalized spacial score (nSPS) is 11.1. The number of aromatic nitrogens is 3. The van der Waals surface area contributed by atoms with Gasteiger partial charge in [-0.05, 0) is 30.5 Å². The van der Waals surface area contributed by atoms with Crippen molar-refractivity contribution in [2.45, 2.75) is 39.7 Å². The Morgan fingerprint density at radius 3 is 2.69 bits per heavy atom. The molecule has 0 bridgehead atoms. The van der Waals surface area contributed by atoms with Crippen LogP contribution >= 0.6 is 0 Å². The number of aryl methyl sites for hydroxylation is 1. The molecule has 152 valence electrons. The van der Waals surface area contributed by atoms with Crippen LogP contribution in [-0.4, -0.2) is 27.6 Å². The number of ether oxygens (including phenoxy) is 1. The number of nitrogens with zero attached hydrogens (tertiary/aromatic N) is 2. The average molecular weight is 396 g/mol. The molecule has 0 radical (unpaired) electrons. The molecule has 1 aromatic carbocycles. The third-order valence-electron chi connectivity index (χ3n) is 4.58. The van der Waals surface area contributed by atoms with Crippen molar-refractivity contribution in [2.24, 2.45) is 0 Å². The first-order valence-corrected chi connectivity index (χ1v) is 9.48. The molecule has 2 N–H and O–H groups in total. The lowest BCUT2D eigenvalue weighted by Gasteiger charge is -2.14. The largest absolute Gasteiger partial charge is 0.497 e. The minimum atomic E-state index is -0.629. The molecule has 1 amide bonds. The molecule has 29 heavy (non-hydrogen) atoms. The number of carbonyl (C=O) groups excluding carboxylic acids is 1. The molecule has 2 aromatic heterocycles. The number of methoxy groups -OCH3 is 1. The smallest absolute Gasteiger partial charge is 0.329 e. The number of anilines is 1. The molecule has 3 aromatic rings. The van der Waals surface area contributed by atoms with Crippen LogP contribution in [0.3, 0.4) is 0 Å². The summed E-state index contributed by atoms with van der Waals surface area (Å²) in [6.07, 6.45) is 0.681. The van der Waals surface area contributed by atoms with Gasteiger partial charge in [-0.1, -0.05) is 26.8 Å². The van der Waals surface area contributed by atoms with Crippen LogP contribution in [0, 0.1) is 0 Å². The lowest BCUT2D eigenvalue weighted by molar-refractivity contribution is 0.102. The molecule has 0 spiro atoms. The van der Waals surface area contributed by atoms with E-state index in [1.54, 1.807) is 37.4 Å². The molecule has 0 unspecified atom stereocenters. The SMILES string of the molecule is CCCn1c(=O)[nH]c(=O)c2c(C(=O)Nc3cccc(OC)c3)cc(C(C)C)nc21.